The fraction of sp³-hybridized carbons (Fsp3) is 0.444. The predicted molar refractivity (Wildman–Crippen MR) is 87.9 cm³/mol. The Bertz CT molecular complexity index is 666. The maximum Gasteiger partial charge on any atom is 0.233 e. The van der Waals surface area contributed by atoms with Crippen molar-refractivity contribution in [2.75, 3.05) is 6.54 Å². The third kappa shape index (κ3) is 3.55. The van der Waals surface area contributed by atoms with E-state index < -0.39 is 0 Å². The zero-order valence-corrected chi connectivity index (χ0v) is 13.7. The summed E-state index contributed by atoms with van der Waals surface area (Å²) < 4.78 is 7.72. The Morgan fingerprint density at radius 3 is 2.83 bits per heavy atom. The van der Waals surface area contributed by atoms with Crippen LogP contribution < -0.4 is 4.74 Å². The smallest absolute Gasteiger partial charge is 0.233 e. The first-order valence-electron chi connectivity index (χ1n) is 8.19. The van der Waals surface area contributed by atoms with Gasteiger partial charge in [-0.3, -0.25) is 9.48 Å². The molecule has 1 aliphatic rings. The van der Waals surface area contributed by atoms with Crippen LogP contribution in [0.25, 0.3) is 0 Å². The lowest BCUT2D eigenvalue weighted by Gasteiger charge is -2.29. The summed E-state index contributed by atoms with van der Waals surface area (Å²) in [6, 6.07) is 12.0. The van der Waals surface area contributed by atoms with Gasteiger partial charge in [-0.15, -0.1) is 5.10 Å². The van der Waals surface area contributed by atoms with Gasteiger partial charge in [0.15, 0.2) is 0 Å². The van der Waals surface area contributed by atoms with E-state index in [9.17, 15) is 4.79 Å². The van der Waals surface area contributed by atoms with Crippen LogP contribution in [0.4, 0.5) is 0 Å². The van der Waals surface area contributed by atoms with Crippen LogP contribution in [0.3, 0.4) is 0 Å². The number of carbonyl (C=O) groups is 1. The van der Waals surface area contributed by atoms with Gasteiger partial charge in [-0.2, -0.15) is 0 Å². The number of carbonyl (C=O) groups excluding carboxylic acids is 1. The Labute approximate surface area is 136 Å². The molecule has 0 bridgehead atoms. The number of hydrogen-bond acceptors (Lipinski definition) is 3. The molecule has 23 heavy (non-hydrogen) atoms. The van der Waals surface area contributed by atoms with E-state index in [0.29, 0.717) is 19.0 Å². The number of ether oxygens (including phenoxy) is 1. The maximum atomic E-state index is 12.3. The molecule has 1 aromatic heterocycles. The molecule has 0 aliphatic carbocycles. The van der Waals surface area contributed by atoms with Gasteiger partial charge in [0, 0.05) is 18.5 Å². The maximum absolute atomic E-state index is 12.3. The summed E-state index contributed by atoms with van der Waals surface area (Å²) in [5.41, 5.74) is 2.16. The van der Waals surface area contributed by atoms with Crippen molar-refractivity contribution >= 4 is 5.91 Å². The normalized spacial score (nSPS) is 15.1. The summed E-state index contributed by atoms with van der Waals surface area (Å²) in [4.78, 5) is 14.2. The largest absolute Gasteiger partial charge is 0.472 e. The first kappa shape index (κ1) is 15.6. The van der Waals surface area contributed by atoms with Crippen LogP contribution in [-0.2, 0) is 24.5 Å². The molecule has 5 nitrogen and oxygen atoms in total. The second kappa shape index (κ2) is 6.86. The van der Waals surface area contributed by atoms with Gasteiger partial charge in [-0.05, 0) is 12.0 Å². The Hall–Kier alpha value is -2.30. The predicted octanol–water partition coefficient (Wildman–Crippen LogP) is 2.85. The highest BCUT2D eigenvalue weighted by molar-refractivity contribution is 5.78. The van der Waals surface area contributed by atoms with Gasteiger partial charge >= 0.3 is 0 Å². The molecule has 122 valence electrons. The minimum atomic E-state index is 0.0817. The summed E-state index contributed by atoms with van der Waals surface area (Å²) in [5, 5.41) is 4.48. The van der Waals surface area contributed by atoms with E-state index in [0.717, 1.165) is 30.8 Å². The molecule has 2 aromatic rings. The van der Waals surface area contributed by atoms with Gasteiger partial charge in [-0.1, -0.05) is 44.2 Å². The number of fused-ring (bicyclic) bond motifs is 1. The van der Waals surface area contributed by atoms with Crippen LogP contribution in [0.5, 0.6) is 5.88 Å². The van der Waals surface area contributed by atoms with Gasteiger partial charge < -0.3 is 9.64 Å². The zero-order chi connectivity index (χ0) is 16.2. The molecule has 1 unspecified atom stereocenters. The van der Waals surface area contributed by atoms with E-state index in [1.54, 1.807) is 0 Å². The molecule has 0 fully saturated rings. The second-order valence-electron chi connectivity index (χ2n) is 6.04. The molecule has 0 spiro atoms. The monoisotopic (exact) mass is 313 g/mol. The van der Waals surface area contributed by atoms with Crippen molar-refractivity contribution in [3.05, 3.63) is 47.7 Å². The highest BCUT2D eigenvalue weighted by atomic mass is 16.5. The van der Waals surface area contributed by atoms with Crippen LogP contribution in [0.15, 0.2) is 36.4 Å². The van der Waals surface area contributed by atoms with Crippen molar-refractivity contribution in [3.8, 4) is 5.88 Å². The van der Waals surface area contributed by atoms with Crippen molar-refractivity contribution in [2.24, 2.45) is 5.92 Å². The zero-order valence-electron chi connectivity index (χ0n) is 13.7. The highest BCUT2D eigenvalue weighted by Gasteiger charge is 2.25. The van der Waals surface area contributed by atoms with E-state index in [4.69, 9.17) is 4.74 Å². The van der Waals surface area contributed by atoms with Crippen LogP contribution in [0.2, 0.25) is 0 Å². The SMILES string of the molecule is CCC(C)C(=O)N1CCn2nc(OCc3ccccc3)cc2C1. The average Bonchev–Trinajstić information content (AvgIpc) is 3.01. The Morgan fingerprint density at radius 1 is 1.30 bits per heavy atom. The standard InChI is InChI=1S/C18H23N3O2/c1-3-14(2)18(22)20-9-10-21-16(12-20)11-17(19-21)23-13-15-7-5-4-6-8-15/h4-8,11,14H,3,9-10,12-13H2,1-2H3. The van der Waals surface area contributed by atoms with Gasteiger partial charge in [0.05, 0.1) is 18.8 Å². The Morgan fingerprint density at radius 2 is 2.09 bits per heavy atom. The summed E-state index contributed by atoms with van der Waals surface area (Å²) in [6.07, 6.45) is 0.875. The van der Waals surface area contributed by atoms with Crippen LogP contribution >= 0.6 is 0 Å². The third-order valence-electron chi connectivity index (χ3n) is 4.35. The molecule has 1 amide bonds. The fourth-order valence-corrected chi connectivity index (χ4v) is 2.72. The van der Waals surface area contributed by atoms with Crippen LogP contribution in [0, 0.1) is 5.92 Å². The first-order chi connectivity index (χ1) is 11.2. The van der Waals surface area contributed by atoms with Crippen LogP contribution in [-0.4, -0.2) is 27.1 Å². The fourth-order valence-electron chi connectivity index (χ4n) is 2.72. The minimum absolute atomic E-state index is 0.0817. The van der Waals surface area contributed by atoms with Crippen molar-refractivity contribution in [1.29, 1.82) is 0 Å². The Balaban J connectivity index is 1.63. The van der Waals surface area contributed by atoms with Crippen LogP contribution in [0.1, 0.15) is 31.5 Å². The van der Waals surface area contributed by atoms with Crippen molar-refractivity contribution in [1.82, 2.24) is 14.7 Å². The third-order valence-corrected chi connectivity index (χ3v) is 4.35. The summed E-state index contributed by atoms with van der Waals surface area (Å²) in [6.45, 7) is 6.61. The number of rotatable bonds is 5. The molecule has 1 aliphatic heterocycles. The van der Waals surface area contributed by atoms with Crippen molar-refractivity contribution in [3.63, 3.8) is 0 Å². The molecule has 0 radical (unpaired) electrons. The van der Waals surface area contributed by atoms with E-state index in [1.807, 2.05) is 59.8 Å². The number of amides is 1. The van der Waals surface area contributed by atoms with E-state index in [2.05, 4.69) is 5.10 Å². The van der Waals surface area contributed by atoms with E-state index in [-0.39, 0.29) is 11.8 Å². The van der Waals surface area contributed by atoms with Gasteiger partial charge in [0.1, 0.15) is 6.61 Å². The second-order valence-corrected chi connectivity index (χ2v) is 6.04. The molecule has 3 rings (SSSR count). The molecule has 5 heteroatoms. The topological polar surface area (TPSA) is 47.4 Å². The first-order valence-corrected chi connectivity index (χ1v) is 8.19. The molecule has 0 saturated heterocycles. The summed E-state index contributed by atoms with van der Waals surface area (Å²) >= 11 is 0. The highest BCUT2D eigenvalue weighted by Crippen LogP contribution is 2.20. The lowest BCUT2D eigenvalue weighted by molar-refractivity contribution is -0.136. The quantitative estimate of drug-likeness (QED) is 0.853. The molecule has 1 atom stereocenters. The summed E-state index contributed by atoms with van der Waals surface area (Å²) in [5.74, 6) is 0.937. The van der Waals surface area contributed by atoms with Gasteiger partial charge in [0.25, 0.3) is 0 Å². The molecule has 2 heterocycles. The van der Waals surface area contributed by atoms with E-state index >= 15 is 0 Å². The average molecular weight is 313 g/mol. The Kier molecular flexibility index (Phi) is 4.65. The molecule has 0 saturated carbocycles. The number of aromatic nitrogens is 2. The van der Waals surface area contributed by atoms with Crippen molar-refractivity contribution < 1.29 is 9.53 Å². The molecule has 0 N–H and O–H groups in total. The molecular formula is C18H23N3O2. The number of nitrogens with zero attached hydrogens (tertiary/aromatic N) is 3. The molecular weight excluding hydrogens is 290 g/mol. The molecule has 1 aromatic carbocycles. The minimum Gasteiger partial charge on any atom is -0.472 e. The summed E-state index contributed by atoms with van der Waals surface area (Å²) in [7, 11) is 0. The lowest BCUT2D eigenvalue weighted by Crippen LogP contribution is -2.40. The van der Waals surface area contributed by atoms with Crippen molar-refractivity contribution in [2.45, 2.75) is 40.0 Å². The van der Waals surface area contributed by atoms with E-state index in [1.165, 1.54) is 0 Å². The number of benzene rings is 1. The van der Waals surface area contributed by atoms with Gasteiger partial charge in [-0.25, -0.2) is 0 Å². The number of hydrogen-bond donors (Lipinski definition) is 0. The van der Waals surface area contributed by atoms with Gasteiger partial charge in [0.2, 0.25) is 11.8 Å². The lowest BCUT2D eigenvalue weighted by atomic mass is 10.1.